The third-order valence-electron chi connectivity index (χ3n) is 3.82. The number of methoxy groups -OCH3 is 1. The van der Waals surface area contributed by atoms with E-state index in [0.29, 0.717) is 30.9 Å². The normalized spacial score (nSPS) is 12.3. The molecule has 2 nitrogen and oxygen atoms in total. The molecule has 1 N–H and O–H groups in total. The predicted octanol–water partition coefficient (Wildman–Crippen LogP) is 6.38. The quantitative estimate of drug-likeness (QED) is 0.618. The SMILES string of the molecule is CC.[3H]CCCC(/C=C/c1ccccc1O)Cc1cc(F)c(OC)c(F)c1. The van der Waals surface area contributed by atoms with Gasteiger partial charge in [-0.2, -0.15) is 0 Å². The number of halogens is 2. The second-order valence-electron chi connectivity index (χ2n) is 5.62. The molecule has 0 saturated heterocycles. The van der Waals surface area contributed by atoms with E-state index in [9.17, 15) is 13.9 Å². The maximum Gasteiger partial charge on any atom is 0.190 e. The summed E-state index contributed by atoms with van der Waals surface area (Å²) in [7, 11) is 1.23. The highest BCUT2D eigenvalue weighted by molar-refractivity contribution is 5.56. The van der Waals surface area contributed by atoms with Gasteiger partial charge in [-0.15, -0.1) is 0 Å². The lowest BCUT2D eigenvalue weighted by molar-refractivity contribution is 0.359. The van der Waals surface area contributed by atoms with Crippen LogP contribution in [0, 0.1) is 17.6 Å². The molecule has 0 radical (unpaired) electrons. The Kier molecular flexibility index (Phi) is 8.67. The molecule has 0 aliphatic carbocycles. The monoisotopic (exact) mass is 364 g/mol. The van der Waals surface area contributed by atoms with Gasteiger partial charge in [0.1, 0.15) is 5.75 Å². The Labute approximate surface area is 156 Å². The first-order chi connectivity index (χ1) is 13.0. The molecule has 0 heterocycles. The molecule has 0 spiro atoms. The molecule has 1 atom stereocenters. The van der Waals surface area contributed by atoms with Crippen LogP contribution in [0.4, 0.5) is 8.78 Å². The van der Waals surface area contributed by atoms with Gasteiger partial charge in [0.25, 0.3) is 0 Å². The Hall–Kier alpha value is -2.36. The molecule has 2 aromatic carbocycles. The summed E-state index contributed by atoms with van der Waals surface area (Å²) in [6.45, 7) is 4.30. The molecule has 0 aliphatic heterocycles. The third-order valence-corrected chi connectivity index (χ3v) is 3.82. The van der Waals surface area contributed by atoms with E-state index in [1.54, 1.807) is 24.3 Å². The van der Waals surface area contributed by atoms with Gasteiger partial charge < -0.3 is 9.84 Å². The number of aromatic hydroxyl groups is 1. The van der Waals surface area contributed by atoms with Crippen LogP contribution in [0.1, 0.15) is 46.1 Å². The van der Waals surface area contributed by atoms with Crippen molar-refractivity contribution in [2.75, 3.05) is 7.11 Å². The van der Waals surface area contributed by atoms with Crippen molar-refractivity contribution in [2.24, 2.45) is 5.92 Å². The van der Waals surface area contributed by atoms with Crippen LogP contribution in [0.2, 0.25) is 0 Å². The first kappa shape index (κ1) is 20.0. The van der Waals surface area contributed by atoms with E-state index in [4.69, 9.17) is 6.11 Å². The maximum absolute atomic E-state index is 13.9. The highest BCUT2D eigenvalue weighted by atomic mass is 19.1. The van der Waals surface area contributed by atoms with Crippen molar-refractivity contribution >= 4 is 6.08 Å². The van der Waals surface area contributed by atoms with Crippen molar-refractivity contribution in [1.82, 2.24) is 0 Å². The Morgan fingerprint density at radius 1 is 1.19 bits per heavy atom. The topological polar surface area (TPSA) is 29.5 Å². The number of allylic oxidation sites excluding steroid dienone is 1. The van der Waals surface area contributed by atoms with Crippen LogP contribution in [0.3, 0.4) is 0 Å². The van der Waals surface area contributed by atoms with Crippen LogP contribution in [0.25, 0.3) is 6.08 Å². The molecule has 142 valence electrons. The van der Waals surface area contributed by atoms with E-state index >= 15 is 0 Å². The van der Waals surface area contributed by atoms with Gasteiger partial charge in [0, 0.05) is 6.93 Å². The number of ether oxygens (including phenoxy) is 1. The Bertz CT molecular complexity index is 709. The summed E-state index contributed by atoms with van der Waals surface area (Å²) >= 11 is 0. The molecule has 0 aliphatic rings. The number of rotatable bonds is 7. The van der Waals surface area contributed by atoms with Gasteiger partial charge in [0.2, 0.25) is 0 Å². The van der Waals surface area contributed by atoms with Crippen LogP contribution >= 0.6 is 0 Å². The zero-order valence-electron chi connectivity index (χ0n) is 16.6. The lowest BCUT2D eigenvalue weighted by atomic mass is 9.93. The second kappa shape index (κ2) is 11.3. The molecule has 0 saturated carbocycles. The van der Waals surface area contributed by atoms with Crippen molar-refractivity contribution in [2.45, 2.75) is 40.0 Å². The van der Waals surface area contributed by atoms with E-state index in [2.05, 4.69) is 0 Å². The minimum Gasteiger partial charge on any atom is -0.507 e. The van der Waals surface area contributed by atoms with Gasteiger partial charge in [-0.1, -0.05) is 57.5 Å². The minimum atomic E-state index is -0.721. The summed E-state index contributed by atoms with van der Waals surface area (Å²) in [4.78, 5) is 0. The summed E-state index contributed by atoms with van der Waals surface area (Å²) in [5.74, 6) is -1.63. The lowest BCUT2D eigenvalue weighted by Gasteiger charge is -2.13. The highest BCUT2D eigenvalue weighted by Crippen LogP contribution is 2.26. The van der Waals surface area contributed by atoms with Gasteiger partial charge in [-0.3, -0.25) is 0 Å². The first-order valence-corrected chi connectivity index (χ1v) is 8.82. The van der Waals surface area contributed by atoms with Crippen molar-refractivity contribution in [3.8, 4) is 11.5 Å². The van der Waals surface area contributed by atoms with Crippen LogP contribution in [0.5, 0.6) is 11.5 Å². The molecule has 0 fully saturated rings. The summed E-state index contributed by atoms with van der Waals surface area (Å²) in [6.07, 6.45) is 5.59. The van der Waals surface area contributed by atoms with Gasteiger partial charge in [0.05, 0.1) is 7.11 Å². The van der Waals surface area contributed by atoms with Gasteiger partial charge in [-0.05, 0) is 42.5 Å². The summed E-state index contributed by atoms with van der Waals surface area (Å²) in [5.41, 5.74) is 1.22. The van der Waals surface area contributed by atoms with Crippen LogP contribution in [0.15, 0.2) is 42.5 Å². The van der Waals surface area contributed by atoms with E-state index in [0.717, 1.165) is 6.42 Å². The second-order valence-corrected chi connectivity index (χ2v) is 5.62. The van der Waals surface area contributed by atoms with E-state index in [-0.39, 0.29) is 17.4 Å². The molecular weight excluding hydrogens is 334 g/mol. The van der Waals surface area contributed by atoms with E-state index in [1.807, 2.05) is 26.0 Å². The van der Waals surface area contributed by atoms with Crippen LogP contribution in [-0.4, -0.2) is 12.2 Å². The first-order valence-electron chi connectivity index (χ1n) is 9.53. The fourth-order valence-electron chi connectivity index (χ4n) is 2.62. The number of benzene rings is 2. The molecular formula is C22H28F2O2. The third kappa shape index (κ3) is 6.17. The molecule has 2 rings (SSSR count). The average molecular weight is 364 g/mol. The molecule has 1 unspecified atom stereocenters. The van der Waals surface area contributed by atoms with E-state index in [1.165, 1.54) is 19.2 Å². The number of hydrogen-bond donors (Lipinski definition) is 1. The molecule has 0 bridgehead atoms. The highest BCUT2D eigenvalue weighted by Gasteiger charge is 2.14. The minimum absolute atomic E-state index is 0.0113. The lowest BCUT2D eigenvalue weighted by Crippen LogP contribution is -2.03. The van der Waals surface area contributed by atoms with Gasteiger partial charge >= 0.3 is 0 Å². The number of phenolic OH excluding ortho intramolecular Hbond substituents is 1. The Morgan fingerprint density at radius 2 is 1.85 bits per heavy atom. The van der Waals surface area contributed by atoms with Crippen molar-refractivity contribution in [3.63, 3.8) is 0 Å². The number of para-hydroxylation sites is 1. The summed E-state index contributed by atoms with van der Waals surface area (Å²) in [6, 6.07) is 9.53. The summed E-state index contributed by atoms with van der Waals surface area (Å²) < 4.78 is 39.8. The fourth-order valence-corrected chi connectivity index (χ4v) is 2.62. The number of phenols is 1. The zero-order chi connectivity index (χ0) is 20.2. The molecule has 2 aromatic rings. The average Bonchev–Trinajstić information content (AvgIpc) is 2.66. The standard InChI is InChI=1S/C20H22F2O2.C2H6/c1-3-6-14(9-10-16-7-4-5-8-19(16)23)11-15-12-17(21)20(24-2)18(22)13-15;1-2/h4-5,7-10,12-14,23H,3,6,11H2,1-2H3;1-2H3/b10-9+;/i1T;. The number of hydrogen-bond acceptors (Lipinski definition) is 2. The predicted molar refractivity (Wildman–Crippen MR) is 104 cm³/mol. The molecule has 0 amide bonds. The molecule has 4 heteroatoms. The molecule has 0 aromatic heterocycles. The summed E-state index contributed by atoms with van der Waals surface area (Å²) in [5, 5.41) is 9.83. The largest absolute Gasteiger partial charge is 0.507 e. The Balaban J connectivity index is 0.00000176. The van der Waals surface area contributed by atoms with Crippen molar-refractivity contribution in [3.05, 3.63) is 65.2 Å². The van der Waals surface area contributed by atoms with E-state index < -0.39 is 11.6 Å². The zero-order valence-corrected chi connectivity index (χ0v) is 15.6. The molecule has 26 heavy (non-hydrogen) atoms. The smallest absolute Gasteiger partial charge is 0.190 e. The maximum atomic E-state index is 13.9. The van der Waals surface area contributed by atoms with Crippen molar-refractivity contribution < 1.29 is 20.0 Å². The van der Waals surface area contributed by atoms with Gasteiger partial charge in [0.15, 0.2) is 17.4 Å². The Morgan fingerprint density at radius 3 is 2.42 bits per heavy atom. The fraction of sp³-hybridized carbons (Fsp3) is 0.364. The van der Waals surface area contributed by atoms with Crippen LogP contribution < -0.4 is 4.74 Å². The van der Waals surface area contributed by atoms with Crippen LogP contribution in [-0.2, 0) is 6.42 Å². The van der Waals surface area contributed by atoms with Crippen molar-refractivity contribution in [1.29, 1.82) is 0 Å². The van der Waals surface area contributed by atoms with Gasteiger partial charge in [-0.25, -0.2) is 8.78 Å².